The Balaban J connectivity index is 2.04. The number of benzene rings is 1. The molecule has 0 spiro atoms. The fraction of sp³-hybridized carbons (Fsp3) is 0.154. The lowest BCUT2D eigenvalue weighted by Gasteiger charge is -2.05. The summed E-state index contributed by atoms with van der Waals surface area (Å²) in [6.45, 7) is 0.865. The summed E-state index contributed by atoms with van der Waals surface area (Å²) in [7, 11) is 2.02. The summed E-state index contributed by atoms with van der Waals surface area (Å²) in [5.41, 5.74) is 2.48. The van der Waals surface area contributed by atoms with Crippen LogP contribution in [0.25, 0.3) is 10.9 Å². The van der Waals surface area contributed by atoms with Gasteiger partial charge in [-0.3, -0.25) is 0 Å². The molecule has 0 saturated carbocycles. The van der Waals surface area contributed by atoms with E-state index in [4.69, 9.17) is 0 Å². The van der Waals surface area contributed by atoms with Gasteiger partial charge in [-0.15, -0.1) is 0 Å². The van der Waals surface area contributed by atoms with Crippen LogP contribution in [0.1, 0.15) is 5.69 Å². The molecule has 0 N–H and O–H groups in total. The predicted octanol–water partition coefficient (Wildman–Crippen LogP) is 2.42. The van der Waals surface area contributed by atoms with Crippen LogP contribution in [0.15, 0.2) is 49.1 Å². The van der Waals surface area contributed by atoms with Gasteiger partial charge in [-0.1, -0.05) is 18.2 Å². The Kier molecular flexibility index (Phi) is 2.03. The summed E-state index contributed by atoms with van der Waals surface area (Å²) in [6.07, 6.45) is 5.87. The number of hydrogen-bond donors (Lipinski definition) is 0. The van der Waals surface area contributed by atoms with Crippen molar-refractivity contribution in [3.05, 3.63) is 54.7 Å². The summed E-state index contributed by atoms with van der Waals surface area (Å²) < 4.78 is 4.29. The molecule has 1 aromatic carbocycles. The van der Waals surface area contributed by atoms with Crippen LogP contribution in [-0.2, 0) is 13.6 Å². The highest BCUT2D eigenvalue weighted by Gasteiger charge is 2.03. The minimum Gasteiger partial charge on any atom is -0.341 e. The van der Waals surface area contributed by atoms with Crippen molar-refractivity contribution in [2.75, 3.05) is 0 Å². The predicted molar refractivity (Wildman–Crippen MR) is 64.2 cm³/mol. The number of fused-ring (bicyclic) bond motifs is 1. The first-order valence-corrected chi connectivity index (χ1v) is 5.34. The van der Waals surface area contributed by atoms with Gasteiger partial charge in [0.05, 0.1) is 18.6 Å². The Morgan fingerprint density at radius 3 is 2.88 bits per heavy atom. The van der Waals surface area contributed by atoms with E-state index in [2.05, 4.69) is 50.6 Å². The summed E-state index contributed by atoms with van der Waals surface area (Å²) in [5.74, 6) is 0. The third-order valence-electron chi connectivity index (χ3n) is 2.93. The molecule has 0 radical (unpaired) electrons. The first kappa shape index (κ1) is 9.21. The van der Waals surface area contributed by atoms with Crippen LogP contribution in [0, 0.1) is 0 Å². The quantitative estimate of drug-likeness (QED) is 0.638. The van der Waals surface area contributed by atoms with Crippen molar-refractivity contribution in [3.8, 4) is 0 Å². The van der Waals surface area contributed by atoms with Gasteiger partial charge in [0.25, 0.3) is 0 Å². The molecule has 0 aliphatic rings. The van der Waals surface area contributed by atoms with Gasteiger partial charge < -0.3 is 9.13 Å². The van der Waals surface area contributed by atoms with Gasteiger partial charge in [-0.05, 0) is 17.5 Å². The molecule has 0 aliphatic carbocycles. The molecule has 0 aliphatic heterocycles. The smallest absolute Gasteiger partial charge is 0.0946 e. The molecule has 16 heavy (non-hydrogen) atoms. The van der Waals surface area contributed by atoms with Crippen LogP contribution in [0.2, 0.25) is 0 Å². The maximum absolute atomic E-state index is 4.13. The second-order valence-corrected chi connectivity index (χ2v) is 4.00. The lowest BCUT2D eigenvalue weighted by atomic mass is 10.2. The standard InChI is InChI=1S/C13H13N3/c1-15-10-14-8-12(15)9-16-7-6-11-4-2-3-5-13(11)16/h2-8,10H,9H2,1H3. The molecule has 0 amide bonds. The normalized spacial score (nSPS) is 11.1. The largest absolute Gasteiger partial charge is 0.341 e. The maximum atomic E-state index is 4.13. The van der Waals surface area contributed by atoms with Crippen LogP contribution in [0.3, 0.4) is 0 Å². The van der Waals surface area contributed by atoms with E-state index in [9.17, 15) is 0 Å². The Bertz CT molecular complexity index is 619. The van der Waals surface area contributed by atoms with Gasteiger partial charge in [0.2, 0.25) is 0 Å². The molecule has 0 saturated heterocycles. The molecule has 3 aromatic rings. The summed E-state index contributed by atoms with van der Waals surface area (Å²) >= 11 is 0. The number of rotatable bonds is 2. The lowest BCUT2D eigenvalue weighted by molar-refractivity contribution is 0.744. The minimum atomic E-state index is 0.865. The molecule has 0 fully saturated rings. The Labute approximate surface area is 94.0 Å². The van der Waals surface area contributed by atoms with Gasteiger partial charge in [0, 0.05) is 25.0 Å². The molecule has 3 heteroatoms. The molecular weight excluding hydrogens is 198 g/mol. The third-order valence-corrected chi connectivity index (χ3v) is 2.93. The number of nitrogens with zero attached hydrogens (tertiary/aromatic N) is 3. The van der Waals surface area contributed by atoms with Crippen LogP contribution in [0.5, 0.6) is 0 Å². The lowest BCUT2D eigenvalue weighted by Crippen LogP contribution is -2.02. The molecule has 3 rings (SSSR count). The van der Waals surface area contributed by atoms with Gasteiger partial charge in [0.1, 0.15) is 0 Å². The fourth-order valence-corrected chi connectivity index (χ4v) is 1.99. The van der Waals surface area contributed by atoms with Gasteiger partial charge in [0.15, 0.2) is 0 Å². The average molecular weight is 211 g/mol. The van der Waals surface area contributed by atoms with E-state index >= 15 is 0 Å². The van der Waals surface area contributed by atoms with Crippen molar-refractivity contribution in [2.45, 2.75) is 6.54 Å². The number of imidazole rings is 1. The van der Waals surface area contributed by atoms with Crippen molar-refractivity contribution >= 4 is 10.9 Å². The molecule has 2 heterocycles. The van der Waals surface area contributed by atoms with Crippen molar-refractivity contribution in [1.29, 1.82) is 0 Å². The topological polar surface area (TPSA) is 22.8 Å². The molecule has 0 unspecified atom stereocenters. The second-order valence-electron chi connectivity index (χ2n) is 4.00. The number of para-hydroxylation sites is 1. The highest BCUT2D eigenvalue weighted by molar-refractivity contribution is 5.79. The van der Waals surface area contributed by atoms with Gasteiger partial charge in [-0.25, -0.2) is 4.98 Å². The molecule has 0 atom stereocenters. The Morgan fingerprint density at radius 1 is 1.19 bits per heavy atom. The maximum Gasteiger partial charge on any atom is 0.0946 e. The van der Waals surface area contributed by atoms with E-state index in [0.717, 1.165) is 6.54 Å². The van der Waals surface area contributed by atoms with E-state index in [1.807, 2.05) is 19.6 Å². The van der Waals surface area contributed by atoms with E-state index in [-0.39, 0.29) is 0 Å². The van der Waals surface area contributed by atoms with E-state index in [0.29, 0.717) is 0 Å². The summed E-state index contributed by atoms with van der Waals surface area (Å²) in [6, 6.07) is 10.6. The fourth-order valence-electron chi connectivity index (χ4n) is 1.99. The first-order chi connectivity index (χ1) is 7.84. The zero-order valence-corrected chi connectivity index (χ0v) is 9.17. The number of aryl methyl sites for hydroxylation is 1. The third kappa shape index (κ3) is 1.41. The van der Waals surface area contributed by atoms with Crippen LogP contribution in [0.4, 0.5) is 0 Å². The van der Waals surface area contributed by atoms with Gasteiger partial charge in [-0.2, -0.15) is 0 Å². The molecule has 80 valence electrons. The van der Waals surface area contributed by atoms with Crippen LogP contribution >= 0.6 is 0 Å². The summed E-state index contributed by atoms with van der Waals surface area (Å²) in [5, 5.41) is 1.28. The van der Waals surface area contributed by atoms with Crippen molar-refractivity contribution < 1.29 is 0 Å². The van der Waals surface area contributed by atoms with Crippen LogP contribution in [-0.4, -0.2) is 14.1 Å². The Morgan fingerprint density at radius 2 is 2.06 bits per heavy atom. The van der Waals surface area contributed by atoms with Crippen molar-refractivity contribution in [2.24, 2.45) is 7.05 Å². The SMILES string of the molecule is Cn1cncc1Cn1ccc2ccccc21. The van der Waals surface area contributed by atoms with E-state index in [1.54, 1.807) is 0 Å². The summed E-state index contributed by atoms with van der Waals surface area (Å²) in [4.78, 5) is 4.13. The number of hydrogen-bond acceptors (Lipinski definition) is 1. The van der Waals surface area contributed by atoms with Crippen LogP contribution < -0.4 is 0 Å². The van der Waals surface area contributed by atoms with Crippen molar-refractivity contribution in [1.82, 2.24) is 14.1 Å². The number of aromatic nitrogens is 3. The van der Waals surface area contributed by atoms with E-state index < -0.39 is 0 Å². The molecule has 0 bridgehead atoms. The van der Waals surface area contributed by atoms with Crippen molar-refractivity contribution in [3.63, 3.8) is 0 Å². The minimum absolute atomic E-state index is 0.865. The highest BCUT2D eigenvalue weighted by Crippen LogP contribution is 2.16. The molecule has 2 aromatic heterocycles. The first-order valence-electron chi connectivity index (χ1n) is 5.34. The second kappa shape index (κ2) is 3.52. The van der Waals surface area contributed by atoms with E-state index in [1.165, 1.54) is 16.6 Å². The zero-order valence-electron chi connectivity index (χ0n) is 9.17. The van der Waals surface area contributed by atoms with Gasteiger partial charge >= 0.3 is 0 Å². The highest BCUT2D eigenvalue weighted by atomic mass is 15.1. The molecule has 3 nitrogen and oxygen atoms in total. The Hall–Kier alpha value is -2.03. The average Bonchev–Trinajstić information content (AvgIpc) is 2.88. The monoisotopic (exact) mass is 211 g/mol. The molecular formula is C13H13N3. The zero-order chi connectivity index (χ0) is 11.0.